The van der Waals surface area contributed by atoms with E-state index in [0.29, 0.717) is 31.3 Å². The lowest BCUT2D eigenvalue weighted by Crippen LogP contribution is -2.52. The van der Waals surface area contributed by atoms with Gasteiger partial charge in [-0.05, 0) is 31.0 Å². The first kappa shape index (κ1) is 17.3. The summed E-state index contributed by atoms with van der Waals surface area (Å²) in [5.74, 6) is 0.912. The van der Waals surface area contributed by atoms with Crippen molar-refractivity contribution in [3.05, 3.63) is 29.5 Å². The molecule has 2 amide bonds. The zero-order valence-corrected chi connectivity index (χ0v) is 15.3. The number of nitrogens with one attached hydrogen (secondary N) is 1. The molecule has 2 aliphatic heterocycles. The third-order valence-electron chi connectivity index (χ3n) is 5.00. The van der Waals surface area contributed by atoms with E-state index < -0.39 is 0 Å². The number of carbonyl (C=O) groups excluding carboxylic acids is 1. The van der Waals surface area contributed by atoms with Gasteiger partial charge in [-0.1, -0.05) is 11.6 Å². The highest BCUT2D eigenvalue weighted by Crippen LogP contribution is 2.27. The molecule has 138 valence electrons. The summed E-state index contributed by atoms with van der Waals surface area (Å²) in [4.78, 5) is 25.2. The number of ether oxygens (including phenoxy) is 1. The number of halogens is 1. The lowest BCUT2D eigenvalue weighted by molar-refractivity contribution is 0.0523. The lowest BCUT2D eigenvalue weighted by atomic mass is 10.0. The molecule has 0 aliphatic carbocycles. The van der Waals surface area contributed by atoms with Gasteiger partial charge in [0.15, 0.2) is 0 Å². The molecule has 2 aliphatic rings. The number of benzene rings is 1. The number of carbonyl (C=O) groups is 1. The number of piperidine rings is 1. The van der Waals surface area contributed by atoms with Gasteiger partial charge in [0.25, 0.3) is 0 Å². The number of nitrogens with zero attached hydrogens (tertiary/aromatic N) is 4. The van der Waals surface area contributed by atoms with Crippen molar-refractivity contribution in [2.45, 2.75) is 18.9 Å². The minimum atomic E-state index is 0.0195. The van der Waals surface area contributed by atoms with E-state index in [0.717, 1.165) is 42.7 Å². The fraction of sp³-hybridized carbons (Fsp3) is 0.500. The van der Waals surface area contributed by atoms with Crippen molar-refractivity contribution in [2.24, 2.45) is 0 Å². The predicted molar refractivity (Wildman–Crippen MR) is 101 cm³/mol. The van der Waals surface area contributed by atoms with Crippen LogP contribution in [-0.4, -0.2) is 66.3 Å². The first-order valence-corrected chi connectivity index (χ1v) is 9.37. The number of anilines is 1. The van der Waals surface area contributed by atoms with E-state index in [1.54, 1.807) is 6.33 Å². The van der Waals surface area contributed by atoms with E-state index in [9.17, 15) is 4.79 Å². The van der Waals surface area contributed by atoms with Crippen molar-refractivity contribution in [2.75, 3.05) is 44.3 Å². The molecular formula is C18H22ClN5O2. The number of urea groups is 1. The smallest absolute Gasteiger partial charge is 0.317 e. The monoisotopic (exact) mass is 375 g/mol. The molecule has 0 saturated carbocycles. The molecule has 26 heavy (non-hydrogen) atoms. The molecule has 0 atom stereocenters. The summed E-state index contributed by atoms with van der Waals surface area (Å²) in [5.41, 5.74) is 0.891. The predicted octanol–water partition coefficient (Wildman–Crippen LogP) is 2.29. The van der Waals surface area contributed by atoms with Gasteiger partial charge in [0.05, 0.1) is 18.7 Å². The van der Waals surface area contributed by atoms with E-state index in [2.05, 4.69) is 20.2 Å². The fourth-order valence-corrected chi connectivity index (χ4v) is 3.71. The lowest BCUT2D eigenvalue weighted by Gasteiger charge is -2.35. The zero-order chi connectivity index (χ0) is 17.9. The molecular weight excluding hydrogens is 354 g/mol. The summed E-state index contributed by atoms with van der Waals surface area (Å²) in [6.07, 6.45) is 3.38. The Bertz CT molecular complexity index is 788. The van der Waals surface area contributed by atoms with Crippen LogP contribution in [0.1, 0.15) is 12.8 Å². The SMILES string of the molecule is O=C(NC1CCN(c2ncnc3ccc(Cl)cc23)CC1)N1CCOCC1. The van der Waals surface area contributed by atoms with Gasteiger partial charge in [-0.15, -0.1) is 0 Å². The normalized spacial score (nSPS) is 19.0. The van der Waals surface area contributed by atoms with Crippen LogP contribution in [0.4, 0.5) is 10.6 Å². The van der Waals surface area contributed by atoms with Crippen molar-refractivity contribution in [3.63, 3.8) is 0 Å². The highest BCUT2D eigenvalue weighted by Gasteiger charge is 2.25. The Morgan fingerprint density at radius 2 is 1.92 bits per heavy atom. The maximum absolute atomic E-state index is 12.3. The molecule has 2 saturated heterocycles. The maximum Gasteiger partial charge on any atom is 0.317 e. The number of amides is 2. The molecule has 2 aromatic rings. The Morgan fingerprint density at radius 1 is 1.15 bits per heavy atom. The van der Waals surface area contributed by atoms with Crippen LogP contribution in [0.25, 0.3) is 10.9 Å². The number of hydrogen-bond acceptors (Lipinski definition) is 5. The Kier molecular flexibility index (Phi) is 5.08. The second kappa shape index (κ2) is 7.63. The molecule has 7 nitrogen and oxygen atoms in total. The number of fused-ring (bicyclic) bond motifs is 1. The third-order valence-corrected chi connectivity index (χ3v) is 5.23. The molecule has 1 aromatic heterocycles. The Morgan fingerprint density at radius 3 is 2.69 bits per heavy atom. The molecule has 0 spiro atoms. The second-order valence-corrected chi connectivity index (χ2v) is 7.11. The summed E-state index contributed by atoms with van der Waals surface area (Å²) >= 11 is 6.15. The van der Waals surface area contributed by atoms with E-state index in [-0.39, 0.29) is 12.1 Å². The van der Waals surface area contributed by atoms with E-state index in [1.807, 2.05) is 23.1 Å². The summed E-state index contributed by atoms with van der Waals surface area (Å²) in [7, 11) is 0. The first-order valence-electron chi connectivity index (χ1n) is 8.99. The van der Waals surface area contributed by atoms with Gasteiger partial charge >= 0.3 is 6.03 Å². The van der Waals surface area contributed by atoms with Crippen LogP contribution in [-0.2, 0) is 4.74 Å². The van der Waals surface area contributed by atoms with Crippen molar-refractivity contribution in [1.82, 2.24) is 20.2 Å². The molecule has 1 aromatic carbocycles. The maximum atomic E-state index is 12.3. The van der Waals surface area contributed by atoms with E-state index in [1.165, 1.54) is 0 Å². The van der Waals surface area contributed by atoms with Crippen LogP contribution in [0.3, 0.4) is 0 Å². The largest absolute Gasteiger partial charge is 0.378 e. The summed E-state index contributed by atoms with van der Waals surface area (Å²) in [6.45, 7) is 4.25. The highest BCUT2D eigenvalue weighted by atomic mass is 35.5. The summed E-state index contributed by atoms with van der Waals surface area (Å²) in [5, 5.41) is 4.81. The van der Waals surface area contributed by atoms with Crippen molar-refractivity contribution in [1.29, 1.82) is 0 Å². The molecule has 4 rings (SSSR count). The van der Waals surface area contributed by atoms with Gasteiger partial charge in [0.2, 0.25) is 0 Å². The number of rotatable bonds is 2. The van der Waals surface area contributed by atoms with Gasteiger partial charge < -0.3 is 19.9 Å². The van der Waals surface area contributed by atoms with Crippen LogP contribution < -0.4 is 10.2 Å². The topological polar surface area (TPSA) is 70.6 Å². The number of morpholine rings is 1. The van der Waals surface area contributed by atoms with Crippen LogP contribution in [0.15, 0.2) is 24.5 Å². The zero-order valence-electron chi connectivity index (χ0n) is 14.5. The van der Waals surface area contributed by atoms with E-state index in [4.69, 9.17) is 16.3 Å². The minimum absolute atomic E-state index is 0.0195. The number of hydrogen-bond donors (Lipinski definition) is 1. The van der Waals surface area contributed by atoms with Gasteiger partial charge in [0, 0.05) is 42.6 Å². The van der Waals surface area contributed by atoms with E-state index >= 15 is 0 Å². The van der Waals surface area contributed by atoms with Crippen LogP contribution >= 0.6 is 11.6 Å². The first-order chi connectivity index (χ1) is 12.7. The quantitative estimate of drug-likeness (QED) is 0.872. The molecule has 0 bridgehead atoms. The van der Waals surface area contributed by atoms with Gasteiger partial charge in [-0.2, -0.15) is 0 Å². The van der Waals surface area contributed by atoms with Crippen molar-refractivity contribution in [3.8, 4) is 0 Å². The molecule has 2 fully saturated rings. The fourth-order valence-electron chi connectivity index (χ4n) is 3.54. The van der Waals surface area contributed by atoms with Crippen LogP contribution in [0, 0.1) is 0 Å². The average Bonchev–Trinajstić information content (AvgIpc) is 2.69. The minimum Gasteiger partial charge on any atom is -0.378 e. The standard InChI is InChI=1S/C18H22ClN5O2/c19-13-1-2-16-15(11-13)17(21-12-20-16)23-5-3-14(4-6-23)22-18(25)24-7-9-26-10-8-24/h1-2,11-12,14H,3-10H2,(H,22,25). The van der Waals surface area contributed by atoms with Crippen LogP contribution in [0.2, 0.25) is 5.02 Å². The Labute approximate surface area is 157 Å². The average molecular weight is 376 g/mol. The van der Waals surface area contributed by atoms with Gasteiger partial charge in [-0.3, -0.25) is 0 Å². The summed E-state index contributed by atoms with van der Waals surface area (Å²) in [6, 6.07) is 5.88. The van der Waals surface area contributed by atoms with Crippen molar-refractivity contribution < 1.29 is 9.53 Å². The van der Waals surface area contributed by atoms with Gasteiger partial charge in [-0.25, -0.2) is 14.8 Å². The Hall–Kier alpha value is -2.12. The second-order valence-electron chi connectivity index (χ2n) is 6.67. The number of aromatic nitrogens is 2. The molecule has 3 heterocycles. The summed E-state index contributed by atoms with van der Waals surface area (Å²) < 4.78 is 5.30. The third kappa shape index (κ3) is 3.68. The molecule has 8 heteroatoms. The highest BCUT2D eigenvalue weighted by molar-refractivity contribution is 6.31. The van der Waals surface area contributed by atoms with Gasteiger partial charge in [0.1, 0.15) is 12.1 Å². The molecule has 0 unspecified atom stereocenters. The van der Waals surface area contributed by atoms with Crippen LogP contribution in [0.5, 0.6) is 0 Å². The molecule has 1 N–H and O–H groups in total. The molecule has 0 radical (unpaired) electrons. The Balaban J connectivity index is 1.39. The van der Waals surface area contributed by atoms with Crippen molar-refractivity contribution >= 4 is 34.4 Å².